The lowest BCUT2D eigenvalue weighted by atomic mass is 9.98. The third-order valence-electron chi connectivity index (χ3n) is 4.85. The highest BCUT2D eigenvalue weighted by atomic mass is 19.1. The number of halogens is 1. The van der Waals surface area contributed by atoms with Gasteiger partial charge in [-0.1, -0.05) is 0 Å². The van der Waals surface area contributed by atoms with E-state index in [1.807, 2.05) is 18.2 Å². The second-order valence-electron chi connectivity index (χ2n) is 6.66. The van der Waals surface area contributed by atoms with Crippen molar-refractivity contribution in [2.75, 3.05) is 24.6 Å². The van der Waals surface area contributed by atoms with Crippen LogP contribution in [0.1, 0.15) is 12.8 Å². The van der Waals surface area contributed by atoms with Crippen molar-refractivity contribution in [3.63, 3.8) is 0 Å². The van der Waals surface area contributed by atoms with Gasteiger partial charge in [-0.2, -0.15) is 4.39 Å². The third kappa shape index (κ3) is 3.93. The summed E-state index contributed by atoms with van der Waals surface area (Å²) >= 11 is 0. The molecule has 0 atom stereocenters. The average molecular weight is 365 g/mol. The molecule has 0 unspecified atom stereocenters. The van der Waals surface area contributed by atoms with Crippen LogP contribution >= 0.6 is 0 Å². The maximum Gasteiger partial charge on any atom is 0.212 e. The molecule has 0 aromatic carbocycles. The van der Waals surface area contributed by atoms with E-state index in [1.54, 1.807) is 18.5 Å². The summed E-state index contributed by atoms with van der Waals surface area (Å²) in [5.41, 5.74) is 2.24. The number of nitrogens with zero attached hydrogens (tertiary/aromatic N) is 5. The predicted molar refractivity (Wildman–Crippen MR) is 100 cm³/mol. The Labute approximate surface area is 156 Å². The summed E-state index contributed by atoms with van der Waals surface area (Å²) in [5.74, 6) is 1.22. The molecule has 1 N–H and O–H groups in total. The lowest BCUT2D eigenvalue weighted by molar-refractivity contribution is 0.203. The Balaban J connectivity index is 1.74. The van der Waals surface area contributed by atoms with Crippen molar-refractivity contribution < 1.29 is 9.50 Å². The van der Waals surface area contributed by atoms with Crippen LogP contribution in [0.15, 0.2) is 48.9 Å². The summed E-state index contributed by atoms with van der Waals surface area (Å²) in [7, 11) is 0. The van der Waals surface area contributed by atoms with Crippen molar-refractivity contribution in [3.8, 4) is 22.6 Å². The van der Waals surface area contributed by atoms with E-state index in [9.17, 15) is 9.50 Å². The molecule has 1 fully saturated rings. The van der Waals surface area contributed by atoms with E-state index in [-0.39, 0.29) is 6.61 Å². The number of hydrogen-bond donors (Lipinski definition) is 1. The maximum absolute atomic E-state index is 13.2. The molecule has 0 saturated carbocycles. The van der Waals surface area contributed by atoms with Gasteiger partial charge < -0.3 is 10.0 Å². The minimum atomic E-state index is -0.522. The first-order chi connectivity index (χ1) is 13.2. The van der Waals surface area contributed by atoms with Gasteiger partial charge >= 0.3 is 0 Å². The highest BCUT2D eigenvalue weighted by Gasteiger charge is 2.21. The molecule has 138 valence electrons. The highest BCUT2D eigenvalue weighted by Crippen LogP contribution is 2.28. The summed E-state index contributed by atoms with van der Waals surface area (Å²) in [6.07, 6.45) is 6.76. The van der Waals surface area contributed by atoms with Crippen LogP contribution < -0.4 is 4.90 Å². The van der Waals surface area contributed by atoms with Crippen LogP contribution in [0, 0.1) is 11.9 Å². The number of anilines is 1. The van der Waals surface area contributed by atoms with E-state index in [0.29, 0.717) is 17.4 Å². The van der Waals surface area contributed by atoms with Crippen molar-refractivity contribution >= 4 is 5.82 Å². The van der Waals surface area contributed by atoms with Gasteiger partial charge in [-0.15, -0.1) is 0 Å². The monoisotopic (exact) mass is 365 g/mol. The molecule has 27 heavy (non-hydrogen) atoms. The van der Waals surface area contributed by atoms with Crippen molar-refractivity contribution in [2.24, 2.45) is 5.92 Å². The van der Waals surface area contributed by atoms with Crippen LogP contribution in [0.25, 0.3) is 22.6 Å². The minimum absolute atomic E-state index is 0.227. The molecule has 3 aromatic rings. The summed E-state index contributed by atoms with van der Waals surface area (Å²) in [6.45, 7) is 1.89. The molecule has 0 bridgehead atoms. The second-order valence-corrected chi connectivity index (χ2v) is 6.66. The SMILES string of the molecule is OCC1CCN(c2cc(-c3ccc(F)nc3)nc(-c3cccnc3)n2)CC1. The Kier molecular flexibility index (Phi) is 5.02. The molecule has 1 saturated heterocycles. The van der Waals surface area contributed by atoms with Gasteiger partial charge in [0, 0.05) is 55.5 Å². The fourth-order valence-corrected chi connectivity index (χ4v) is 3.24. The van der Waals surface area contributed by atoms with E-state index in [1.165, 1.54) is 12.3 Å². The molecule has 0 spiro atoms. The van der Waals surface area contributed by atoms with Crippen LogP contribution in [-0.2, 0) is 0 Å². The number of aliphatic hydroxyl groups is 1. The van der Waals surface area contributed by atoms with Crippen LogP contribution in [0.3, 0.4) is 0 Å². The molecule has 0 amide bonds. The van der Waals surface area contributed by atoms with Gasteiger partial charge in [0.05, 0.1) is 5.69 Å². The molecular weight excluding hydrogens is 345 g/mol. The highest BCUT2D eigenvalue weighted by molar-refractivity contribution is 5.67. The lowest BCUT2D eigenvalue weighted by Crippen LogP contribution is -2.35. The van der Waals surface area contributed by atoms with Gasteiger partial charge in [-0.3, -0.25) is 4.98 Å². The zero-order valence-electron chi connectivity index (χ0n) is 14.8. The van der Waals surface area contributed by atoms with E-state index in [4.69, 9.17) is 4.98 Å². The van der Waals surface area contributed by atoms with Crippen LogP contribution in [-0.4, -0.2) is 44.7 Å². The number of aromatic nitrogens is 4. The first kappa shape index (κ1) is 17.5. The Morgan fingerprint density at radius 1 is 1.07 bits per heavy atom. The number of aliphatic hydroxyl groups excluding tert-OH is 1. The van der Waals surface area contributed by atoms with Crippen LogP contribution in [0.5, 0.6) is 0 Å². The molecule has 4 rings (SSSR count). The molecule has 0 aliphatic carbocycles. The fourth-order valence-electron chi connectivity index (χ4n) is 3.24. The minimum Gasteiger partial charge on any atom is -0.396 e. The number of hydrogen-bond acceptors (Lipinski definition) is 6. The van der Waals surface area contributed by atoms with Crippen LogP contribution in [0.4, 0.5) is 10.2 Å². The maximum atomic E-state index is 13.2. The quantitative estimate of drug-likeness (QED) is 0.717. The van der Waals surface area contributed by atoms with Crippen molar-refractivity contribution in [3.05, 3.63) is 54.9 Å². The smallest absolute Gasteiger partial charge is 0.212 e. The summed E-state index contributed by atoms with van der Waals surface area (Å²) < 4.78 is 13.2. The number of pyridine rings is 2. The fraction of sp³-hybridized carbons (Fsp3) is 0.300. The van der Waals surface area contributed by atoms with Gasteiger partial charge in [-0.05, 0) is 43.0 Å². The number of rotatable bonds is 4. The Morgan fingerprint density at radius 2 is 1.93 bits per heavy atom. The summed E-state index contributed by atoms with van der Waals surface area (Å²) in [4.78, 5) is 19.5. The number of piperidine rings is 1. The standard InChI is InChI=1S/C20H20FN5O/c21-18-4-3-15(12-23-18)17-10-19(26-8-5-14(13-27)6-9-26)25-20(24-17)16-2-1-7-22-11-16/h1-4,7,10-12,14,27H,5-6,8-9,13H2. The molecule has 0 radical (unpaired) electrons. The zero-order valence-corrected chi connectivity index (χ0v) is 14.8. The molecular formula is C20H20FN5O. The first-order valence-electron chi connectivity index (χ1n) is 9.00. The van der Waals surface area contributed by atoms with E-state index in [0.717, 1.165) is 42.9 Å². The second kappa shape index (κ2) is 7.75. The van der Waals surface area contributed by atoms with Gasteiger partial charge in [0.2, 0.25) is 5.95 Å². The lowest BCUT2D eigenvalue weighted by Gasteiger charge is -2.32. The third-order valence-corrected chi connectivity index (χ3v) is 4.85. The molecule has 4 heterocycles. The van der Waals surface area contributed by atoms with Crippen molar-refractivity contribution in [1.29, 1.82) is 0 Å². The first-order valence-corrected chi connectivity index (χ1v) is 9.00. The van der Waals surface area contributed by atoms with E-state index >= 15 is 0 Å². The topological polar surface area (TPSA) is 75.0 Å². The summed E-state index contributed by atoms with van der Waals surface area (Å²) in [5, 5.41) is 9.37. The summed E-state index contributed by atoms with van der Waals surface area (Å²) in [6, 6.07) is 8.66. The van der Waals surface area contributed by atoms with Gasteiger partial charge in [0.15, 0.2) is 5.82 Å². The van der Waals surface area contributed by atoms with Gasteiger partial charge in [-0.25, -0.2) is 15.0 Å². The Morgan fingerprint density at radius 3 is 2.59 bits per heavy atom. The molecule has 3 aromatic heterocycles. The molecule has 1 aliphatic heterocycles. The molecule has 7 heteroatoms. The Hall–Kier alpha value is -2.93. The zero-order chi connectivity index (χ0) is 18.6. The Bertz CT molecular complexity index is 896. The normalized spacial score (nSPS) is 15.1. The van der Waals surface area contributed by atoms with E-state index in [2.05, 4.69) is 19.9 Å². The van der Waals surface area contributed by atoms with Crippen molar-refractivity contribution in [1.82, 2.24) is 19.9 Å². The van der Waals surface area contributed by atoms with Gasteiger partial charge in [0.25, 0.3) is 0 Å². The van der Waals surface area contributed by atoms with E-state index < -0.39 is 5.95 Å². The molecule has 1 aliphatic rings. The average Bonchev–Trinajstić information content (AvgIpc) is 2.74. The van der Waals surface area contributed by atoms with Crippen LogP contribution in [0.2, 0.25) is 0 Å². The molecule has 6 nitrogen and oxygen atoms in total. The predicted octanol–water partition coefficient (Wildman–Crippen LogP) is 2.95. The van der Waals surface area contributed by atoms with Gasteiger partial charge in [0.1, 0.15) is 5.82 Å². The van der Waals surface area contributed by atoms with Crippen molar-refractivity contribution in [2.45, 2.75) is 12.8 Å². The largest absolute Gasteiger partial charge is 0.396 e.